The summed E-state index contributed by atoms with van der Waals surface area (Å²) >= 11 is 18.4. The molecule has 0 atom stereocenters. The Morgan fingerprint density at radius 3 is 2.31 bits per heavy atom. The van der Waals surface area contributed by atoms with E-state index in [4.69, 9.17) is 39.5 Å². The predicted molar refractivity (Wildman–Crippen MR) is 119 cm³/mol. The number of aromatic nitrogens is 1. The summed E-state index contributed by atoms with van der Waals surface area (Å²) in [6.07, 6.45) is 2.99. The molecule has 3 aromatic rings. The lowest BCUT2D eigenvalue weighted by molar-refractivity contribution is 0.0990. The summed E-state index contributed by atoms with van der Waals surface area (Å²) in [5.41, 5.74) is 1.77. The molecule has 3 rings (SSSR count). The van der Waals surface area contributed by atoms with Gasteiger partial charge < -0.3 is 14.5 Å². The first-order chi connectivity index (χ1) is 13.8. The maximum absolute atomic E-state index is 13.3. The Kier molecular flexibility index (Phi) is 6.52. The molecule has 0 saturated heterocycles. The molecule has 150 valence electrons. The molecule has 0 aliphatic heterocycles. The Balaban J connectivity index is 1.99. The highest BCUT2D eigenvalue weighted by atomic mass is 35.5. The maximum Gasteiger partial charge on any atom is 0.263 e. The van der Waals surface area contributed by atoms with E-state index in [0.717, 1.165) is 5.69 Å². The van der Waals surface area contributed by atoms with Crippen molar-refractivity contribution in [3.63, 3.8) is 0 Å². The topological polar surface area (TPSA) is 45.7 Å². The molecule has 8 heteroatoms. The molecule has 0 saturated carbocycles. The second kappa shape index (κ2) is 8.91. The summed E-state index contributed by atoms with van der Waals surface area (Å²) in [4.78, 5) is 20.8. The monoisotopic (exact) mass is 449 g/mol. The lowest BCUT2D eigenvalue weighted by Gasteiger charge is -2.25. The third-order valence-electron chi connectivity index (χ3n) is 4.21. The van der Waals surface area contributed by atoms with E-state index in [1.807, 2.05) is 25.1 Å². The molecule has 29 heavy (non-hydrogen) atoms. The van der Waals surface area contributed by atoms with E-state index in [-0.39, 0.29) is 11.5 Å². The Hall–Kier alpha value is -2.47. The molecule has 5 nitrogen and oxygen atoms in total. The minimum Gasteiger partial charge on any atom is -0.455 e. The average Bonchev–Trinajstić information content (AvgIpc) is 2.69. The molecule has 0 spiro atoms. The van der Waals surface area contributed by atoms with Crippen molar-refractivity contribution in [1.29, 1.82) is 0 Å². The van der Waals surface area contributed by atoms with Crippen LogP contribution in [0, 0.1) is 0 Å². The van der Waals surface area contributed by atoms with Gasteiger partial charge in [0.25, 0.3) is 5.91 Å². The van der Waals surface area contributed by atoms with Crippen LogP contribution >= 0.6 is 34.8 Å². The van der Waals surface area contributed by atoms with Gasteiger partial charge in [-0.1, -0.05) is 34.8 Å². The van der Waals surface area contributed by atoms with Gasteiger partial charge in [0.15, 0.2) is 0 Å². The number of hydrogen-bond donors (Lipinski definition) is 0. The number of carbonyl (C=O) groups excluding carboxylic acids is 1. The molecule has 0 aliphatic rings. The number of amides is 1. The summed E-state index contributed by atoms with van der Waals surface area (Å²) in [7, 11) is 5.46. The van der Waals surface area contributed by atoms with E-state index >= 15 is 0 Å². The lowest BCUT2D eigenvalue weighted by Crippen LogP contribution is -2.28. The van der Waals surface area contributed by atoms with Crippen LogP contribution < -0.4 is 14.5 Å². The molecule has 0 unspecified atom stereocenters. The van der Waals surface area contributed by atoms with Gasteiger partial charge in [0.1, 0.15) is 17.1 Å². The Labute approximate surface area is 184 Å². The van der Waals surface area contributed by atoms with Crippen LogP contribution in [-0.2, 0) is 0 Å². The molecule has 1 amide bonds. The van der Waals surface area contributed by atoms with E-state index in [9.17, 15) is 4.79 Å². The van der Waals surface area contributed by atoms with E-state index in [1.165, 1.54) is 17.3 Å². The normalized spacial score (nSPS) is 10.6. The molecule has 1 heterocycles. The van der Waals surface area contributed by atoms with Crippen molar-refractivity contribution in [2.75, 3.05) is 30.9 Å². The van der Waals surface area contributed by atoms with Crippen LogP contribution in [0.4, 0.5) is 11.4 Å². The van der Waals surface area contributed by atoms with E-state index < -0.39 is 0 Å². The van der Waals surface area contributed by atoms with Gasteiger partial charge in [-0.25, -0.2) is 0 Å². The number of pyridine rings is 1. The highest BCUT2D eigenvalue weighted by molar-refractivity contribution is 6.34. The third-order valence-corrected chi connectivity index (χ3v) is 4.99. The summed E-state index contributed by atoms with van der Waals surface area (Å²) in [5.74, 6) is 0.352. The molecule has 0 fully saturated rings. The van der Waals surface area contributed by atoms with Crippen LogP contribution in [0.2, 0.25) is 15.1 Å². The number of ether oxygens (including phenoxy) is 1. The minimum atomic E-state index is -0.309. The number of anilines is 2. The summed E-state index contributed by atoms with van der Waals surface area (Å²) in [6, 6.07) is 11.8. The number of carbonyl (C=O) groups is 1. The number of rotatable bonds is 5. The van der Waals surface area contributed by atoms with Gasteiger partial charge in [-0.2, -0.15) is 0 Å². The maximum atomic E-state index is 13.3. The van der Waals surface area contributed by atoms with Crippen LogP contribution in [0.5, 0.6) is 11.5 Å². The molecular formula is C21H18Cl3N3O2. The van der Waals surface area contributed by atoms with Crippen molar-refractivity contribution in [2.45, 2.75) is 0 Å². The van der Waals surface area contributed by atoms with Crippen molar-refractivity contribution < 1.29 is 9.53 Å². The van der Waals surface area contributed by atoms with Crippen LogP contribution in [0.1, 0.15) is 10.4 Å². The fraction of sp³-hybridized carbons (Fsp3) is 0.143. The van der Waals surface area contributed by atoms with E-state index in [0.29, 0.717) is 32.3 Å². The summed E-state index contributed by atoms with van der Waals surface area (Å²) in [5, 5.41) is 1.37. The first-order valence-electron chi connectivity index (χ1n) is 8.59. The molecule has 0 radical (unpaired) electrons. The van der Waals surface area contributed by atoms with Gasteiger partial charge in [-0.05, 0) is 36.4 Å². The highest BCUT2D eigenvalue weighted by Gasteiger charge is 2.22. The first kappa shape index (κ1) is 21.2. The minimum absolute atomic E-state index is 0.274. The quantitative estimate of drug-likeness (QED) is 0.466. The van der Waals surface area contributed by atoms with Crippen molar-refractivity contribution >= 4 is 52.1 Å². The Morgan fingerprint density at radius 2 is 1.59 bits per heavy atom. The first-order valence-corrected chi connectivity index (χ1v) is 9.73. The fourth-order valence-electron chi connectivity index (χ4n) is 2.74. The number of halogens is 3. The molecule has 1 aromatic heterocycles. The molecule has 0 N–H and O–H groups in total. The van der Waals surface area contributed by atoms with Crippen LogP contribution in [-0.4, -0.2) is 32.0 Å². The largest absolute Gasteiger partial charge is 0.455 e. The zero-order valence-corrected chi connectivity index (χ0v) is 18.3. The van der Waals surface area contributed by atoms with Crippen molar-refractivity contribution in [2.24, 2.45) is 0 Å². The summed E-state index contributed by atoms with van der Waals surface area (Å²) < 4.78 is 5.89. The molecule has 2 aromatic carbocycles. The summed E-state index contributed by atoms with van der Waals surface area (Å²) in [6.45, 7) is 0. The Morgan fingerprint density at radius 1 is 0.897 bits per heavy atom. The smallest absolute Gasteiger partial charge is 0.263 e. The zero-order chi connectivity index (χ0) is 21.1. The van der Waals surface area contributed by atoms with Gasteiger partial charge >= 0.3 is 0 Å². The van der Waals surface area contributed by atoms with Crippen LogP contribution in [0.3, 0.4) is 0 Å². The second-order valence-corrected chi connectivity index (χ2v) is 7.72. The van der Waals surface area contributed by atoms with Gasteiger partial charge in [-0.3, -0.25) is 9.78 Å². The number of benzene rings is 2. The standard InChI is InChI=1S/C21H18Cl3N3O2/c1-26(2)17-7-5-13(22)10-18(17)27(3)21(28)15-12-25-9-8-19(15)29-20-11-14(23)4-6-16(20)24/h4-12H,1-3H3. The van der Waals surface area contributed by atoms with Crippen molar-refractivity contribution in [3.8, 4) is 11.5 Å². The van der Waals surface area contributed by atoms with Crippen LogP contribution in [0.15, 0.2) is 54.9 Å². The number of nitrogens with zero attached hydrogens (tertiary/aromatic N) is 3. The van der Waals surface area contributed by atoms with Crippen molar-refractivity contribution in [3.05, 3.63) is 75.5 Å². The zero-order valence-electron chi connectivity index (χ0n) is 16.0. The second-order valence-electron chi connectivity index (χ2n) is 6.44. The van der Waals surface area contributed by atoms with Gasteiger partial charge in [0, 0.05) is 49.6 Å². The molecule has 0 aliphatic carbocycles. The third kappa shape index (κ3) is 4.75. The van der Waals surface area contributed by atoms with Gasteiger partial charge in [0.2, 0.25) is 0 Å². The Bertz CT molecular complexity index is 1060. The molecular weight excluding hydrogens is 433 g/mol. The SMILES string of the molecule is CN(C)c1ccc(Cl)cc1N(C)C(=O)c1cnccc1Oc1cc(Cl)ccc1Cl. The van der Waals surface area contributed by atoms with E-state index in [2.05, 4.69) is 4.98 Å². The molecule has 0 bridgehead atoms. The lowest BCUT2D eigenvalue weighted by atomic mass is 10.2. The predicted octanol–water partition coefficient (Wildman–Crippen LogP) is 6.18. The average molecular weight is 451 g/mol. The van der Waals surface area contributed by atoms with E-state index in [1.54, 1.807) is 43.4 Å². The fourth-order valence-corrected chi connectivity index (χ4v) is 3.22. The number of hydrogen-bond acceptors (Lipinski definition) is 4. The van der Waals surface area contributed by atoms with Crippen molar-refractivity contribution in [1.82, 2.24) is 4.98 Å². The van der Waals surface area contributed by atoms with Gasteiger partial charge in [-0.15, -0.1) is 0 Å². The highest BCUT2D eigenvalue weighted by Crippen LogP contribution is 2.35. The van der Waals surface area contributed by atoms with Gasteiger partial charge in [0.05, 0.1) is 16.4 Å². The van der Waals surface area contributed by atoms with Crippen LogP contribution in [0.25, 0.3) is 0 Å².